The highest BCUT2D eigenvalue weighted by Crippen LogP contribution is 2.13. The molecule has 98 valence electrons. The Morgan fingerprint density at radius 2 is 2.00 bits per heavy atom. The zero-order chi connectivity index (χ0) is 13.7. The van der Waals surface area contributed by atoms with Crippen molar-refractivity contribution in [3.8, 4) is 0 Å². The number of carbonyl (C=O) groups excluding carboxylic acids is 2. The lowest BCUT2D eigenvalue weighted by molar-refractivity contribution is -0.121. The van der Waals surface area contributed by atoms with Gasteiger partial charge in [0.2, 0.25) is 5.91 Å². The molecule has 1 aromatic rings. The minimum absolute atomic E-state index is 0.206. The molecule has 18 heavy (non-hydrogen) atoms. The first-order valence-electron chi connectivity index (χ1n) is 5.43. The second-order valence-electron chi connectivity index (χ2n) is 3.72. The number of likely N-dealkylation sites (N-methyl/N-ethyl adjacent to an activating group) is 2. The number of hydrogen-bond acceptors (Lipinski definition) is 2. The molecule has 6 heteroatoms. The summed E-state index contributed by atoms with van der Waals surface area (Å²) in [6.45, 7) is 1.98. The maximum Gasteiger partial charge on any atom is 0.257 e. The number of amides is 2. The van der Waals surface area contributed by atoms with E-state index in [1.807, 2.05) is 0 Å². The molecule has 0 aliphatic heterocycles. The molecule has 0 aromatic heterocycles. The Bertz CT molecular complexity index is 463. The summed E-state index contributed by atoms with van der Waals surface area (Å²) in [5.74, 6) is -3.39. The fourth-order valence-electron chi connectivity index (χ4n) is 1.41. The van der Waals surface area contributed by atoms with Crippen molar-refractivity contribution in [2.75, 3.05) is 20.1 Å². The zero-order valence-electron chi connectivity index (χ0n) is 10.2. The van der Waals surface area contributed by atoms with Crippen LogP contribution < -0.4 is 5.32 Å². The van der Waals surface area contributed by atoms with E-state index in [0.717, 1.165) is 11.0 Å². The smallest absolute Gasteiger partial charge is 0.257 e. The van der Waals surface area contributed by atoms with E-state index in [1.165, 1.54) is 19.2 Å². The third-order valence-electron chi connectivity index (χ3n) is 2.28. The van der Waals surface area contributed by atoms with Crippen LogP contribution in [0.2, 0.25) is 0 Å². The van der Waals surface area contributed by atoms with Crippen molar-refractivity contribution in [3.05, 3.63) is 35.4 Å². The van der Waals surface area contributed by atoms with Gasteiger partial charge in [-0.25, -0.2) is 8.78 Å². The Morgan fingerprint density at radius 1 is 1.33 bits per heavy atom. The van der Waals surface area contributed by atoms with E-state index in [4.69, 9.17) is 0 Å². The highest BCUT2D eigenvalue weighted by Gasteiger charge is 2.19. The van der Waals surface area contributed by atoms with E-state index < -0.39 is 17.5 Å². The lowest BCUT2D eigenvalue weighted by Crippen LogP contribution is -2.38. The van der Waals surface area contributed by atoms with Crippen LogP contribution in [-0.4, -0.2) is 36.9 Å². The lowest BCUT2D eigenvalue weighted by atomic mass is 10.2. The van der Waals surface area contributed by atoms with Crippen LogP contribution in [0.3, 0.4) is 0 Å². The molecule has 0 bridgehead atoms. The topological polar surface area (TPSA) is 49.4 Å². The molecule has 0 heterocycles. The number of halogens is 2. The van der Waals surface area contributed by atoms with E-state index in [2.05, 4.69) is 5.32 Å². The van der Waals surface area contributed by atoms with Crippen LogP contribution in [0.5, 0.6) is 0 Å². The number of benzene rings is 1. The van der Waals surface area contributed by atoms with Crippen LogP contribution in [0, 0.1) is 11.6 Å². The molecule has 0 radical (unpaired) electrons. The molecule has 0 atom stereocenters. The van der Waals surface area contributed by atoms with Crippen LogP contribution >= 0.6 is 0 Å². The summed E-state index contributed by atoms with van der Waals surface area (Å²) >= 11 is 0. The van der Waals surface area contributed by atoms with Crippen molar-refractivity contribution in [1.29, 1.82) is 0 Å². The summed E-state index contributed by atoms with van der Waals surface area (Å²) in [6.07, 6.45) is 0. The Hall–Kier alpha value is -1.98. The second-order valence-corrected chi connectivity index (χ2v) is 3.72. The van der Waals surface area contributed by atoms with E-state index in [0.29, 0.717) is 6.54 Å². The average molecular weight is 256 g/mol. The van der Waals surface area contributed by atoms with Crippen molar-refractivity contribution in [1.82, 2.24) is 10.2 Å². The Morgan fingerprint density at radius 3 is 2.61 bits per heavy atom. The minimum Gasteiger partial charge on any atom is -0.355 e. The fourth-order valence-corrected chi connectivity index (χ4v) is 1.41. The Balaban J connectivity index is 2.81. The first-order chi connectivity index (χ1) is 8.47. The van der Waals surface area contributed by atoms with Gasteiger partial charge in [0, 0.05) is 13.6 Å². The SMILES string of the molecule is CCNC(=O)CN(C)C(=O)c1cccc(F)c1F. The van der Waals surface area contributed by atoms with Crippen LogP contribution in [0.25, 0.3) is 0 Å². The molecule has 0 aliphatic carbocycles. The molecule has 4 nitrogen and oxygen atoms in total. The maximum atomic E-state index is 13.4. The molecule has 1 rings (SSSR count). The van der Waals surface area contributed by atoms with Gasteiger partial charge in [0.15, 0.2) is 11.6 Å². The molecule has 0 saturated carbocycles. The first-order valence-corrected chi connectivity index (χ1v) is 5.43. The molecule has 0 aliphatic rings. The summed E-state index contributed by atoms with van der Waals surface area (Å²) in [6, 6.07) is 3.34. The molecule has 0 spiro atoms. The zero-order valence-corrected chi connectivity index (χ0v) is 10.2. The van der Waals surface area contributed by atoms with Gasteiger partial charge >= 0.3 is 0 Å². The highest BCUT2D eigenvalue weighted by atomic mass is 19.2. The maximum absolute atomic E-state index is 13.4. The number of rotatable bonds is 4. The molecular formula is C12H14F2N2O2. The van der Waals surface area contributed by atoms with Gasteiger partial charge in [-0.2, -0.15) is 0 Å². The minimum atomic E-state index is -1.20. The summed E-state index contributed by atoms with van der Waals surface area (Å²) in [5.41, 5.74) is -0.387. The molecule has 1 aromatic carbocycles. The van der Waals surface area contributed by atoms with Crippen molar-refractivity contribution in [2.45, 2.75) is 6.92 Å². The van der Waals surface area contributed by atoms with E-state index in [9.17, 15) is 18.4 Å². The lowest BCUT2D eigenvalue weighted by Gasteiger charge is -2.16. The van der Waals surface area contributed by atoms with Crippen LogP contribution in [0.1, 0.15) is 17.3 Å². The molecule has 1 N–H and O–H groups in total. The quantitative estimate of drug-likeness (QED) is 0.879. The van der Waals surface area contributed by atoms with Gasteiger partial charge in [-0.15, -0.1) is 0 Å². The van der Waals surface area contributed by atoms with Crippen LogP contribution in [0.4, 0.5) is 8.78 Å². The number of nitrogens with zero attached hydrogens (tertiary/aromatic N) is 1. The molecule has 0 unspecified atom stereocenters. The van der Waals surface area contributed by atoms with Crippen molar-refractivity contribution in [2.24, 2.45) is 0 Å². The van der Waals surface area contributed by atoms with Gasteiger partial charge in [-0.1, -0.05) is 6.07 Å². The van der Waals surface area contributed by atoms with Crippen molar-refractivity contribution >= 4 is 11.8 Å². The van der Waals surface area contributed by atoms with Gasteiger partial charge in [-0.3, -0.25) is 9.59 Å². The number of hydrogen-bond donors (Lipinski definition) is 1. The largest absolute Gasteiger partial charge is 0.355 e. The summed E-state index contributed by atoms with van der Waals surface area (Å²) in [7, 11) is 1.35. The first kappa shape index (κ1) is 14.1. The number of nitrogens with one attached hydrogen (secondary N) is 1. The molecular weight excluding hydrogens is 242 g/mol. The van der Waals surface area contributed by atoms with Gasteiger partial charge in [0.05, 0.1) is 12.1 Å². The molecule has 2 amide bonds. The highest BCUT2D eigenvalue weighted by molar-refractivity contribution is 5.96. The molecule has 0 saturated heterocycles. The fraction of sp³-hybridized carbons (Fsp3) is 0.333. The normalized spacial score (nSPS) is 10.0. The Kier molecular flexibility index (Phi) is 4.76. The van der Waals surface area contributed by atoms with Gasteiger partial charge in [-0.05, 0) is 19.1 Å². The summed E-state index contributed by atoms with van der Waals surface area (Å²) in [5, 5.41) is 2.51. The predicted octanol–water partition coefficient (Wildman–Crippen LogP) is 1.17. The van der Waals surface area contributed by atoms with Crippen molar-refractivity contribution in [3.63, 3.8) is 0 Å². The molecule has 0 fully saturated rings. The van der Waals surface area contributed by atoms with E-state index in [1.54, 1.807) is 6.92 Å². The van der Waals surface area contributed by atoms with Gasteiger partial charge < -0.3 is 10.2 Å². The van der Waals surface area contributed by atoms with Gasteiger partial charge in [0.25, 0.3) is 5.91 Å². The van der Waals surface area contributed by atoms with Crippen LogP contribution in [0.15, 0.2) is 18.2 Å². The summed E-state index contributed by atoms with van der Waals surface area (Å²) < 4.78 is 26.3. The third kappa shape index (κ3) is 3.26. The average Bonchev–Trinajstić information content (AvgIpc) is 2.32. The van der Waals surface area contributed by atoms with E-state index >= 15 is 0 Å². The second kappa shape index (κ2) is 6.09. The monoisotopic (exact) mass is 256 g/mol. The Labute approximate surface area is 104 Å². The van der Waals surface area contributed by atoms with Crippen molar-refractivity contribution < 1.29 is 18.4 Å². The predicted molar refractivity (Wildman–Crippen MR) is 62.0 cm³/mol. The van der Waals surface area contributed by atoms with E-state index in [-0.39, 0.29) is 18.0 Å². The summed E-state index contributed by atoms with van der Waals surface area (Å²) in [4.78, 5) is 24.1. The number of carbonyl (C=O) groups is 2. The standard InChI is InChI=1S/C12H14F2N2O2/c1-3-15-10(17)7-16(2)12(18)8-5-4-6-9(13)11(8)14/h4-6H,3,7H2,1-2H3,(H,15,17). The van der Waals surface area contributed by atoms with Crippen LogP contribution in [-0.2, 0) is 4.79 Å². The van der Waals surface area contributed by atoms with Gasteiger partial charge in [0.1, 0.15) is 0 Å². The third-order valence-corrected chi connectivity index (χ3v) is 2.28.